The molecule has 0 aliphatic heterocycles. The second kappa shape index (κ2) is 35.5. The van der Waals surface area contributed by atoms with E-state index >= 15 is 0 Å². The zero-order chi connectivity index (χ0) is 35.4. The summed E-state index contributed by atoms with van der Waals surface area (Å²) in [7, 11) is -4.34. The number of phosphoric acid groups is 1. The highest BCUT2D eigenvalue weighted by Crippen LogP contribution is 2.43. The molecule has 282 valence electrons. The summed E-state index contributed by atoms with van der Waals surface area (Å²) in [6.07, 6.45) is 40.7. The zero-order valence-corrected chi connectivity index (χ0v) is 31.9. The summed E-state index contributed by atoms with van der Waals surface area (Å²) in [5, 5.41) is 13.5. The minimum absolute atomic E-state index is 0.0722. The summed E-state index contributed by atoms with van der Waals surface area (Å²) in [6, 6.07) is -0.878. The lowest BCUT2D eigenvalue weighted by Gasteiger charge is -2.23. The molecule has 0 radical (unpaired) electrons. The average Bonchev–Trinajstić information content (AvgIpc) is 3.07. The van der Waals surface area contributed by atoms with Crippen LogP contribution in [0.3, 0.4) is 0 Å². The van der Waals surface area contributed by atoms with Gasteiger partial charge in [-0.05, 0) is 38.5 Å². The van der Waals surface area contributed by atoms with Crippen molar-refractivity contribution in [3.63, 3.8) is 0 Å². The molecule has 0 bridgehead atoms. The van der Waals surface area contributed by atoms with Gasteiger partial charge in [0.15, 0.2) is 0 Å². The van der Waals surface area contributed by atoms with Crippen LogP contribution in [0.25, 0.3) is 0 Å². The quantitative estimate of drug-likeness (QED) is 0.0291. The molecule has 0 aromatic heterocycles. The molecule has 5 N–H and O–H groups in total. The van der Waals surface area contributed by atoms with Gasteiger partial charge in [0.25, 0.3) is 0 Å². The van der Waals surface area contributed by atoms with Crippen molar-refractivity contribution in [1.82, 2.24) is 5.32 Å². The number of nitrogens with two attached hydrogens (primary N) is 1. The van der Waals surface area contributed by atoms with Crippen LogP contribution in [0.4, 0.5) is 0 Å². The van der Waals surface area contributed by atoms with Gasteiger partial charge in [0.1, 0.15) is 0 Å². The van der Waals surface area contributed by atoms with Crippen molar-refractivity contribution in [2.75, 3.05) is 19.8 Å². The van der Waals surface area contributed by atoms with Crippen LogP contribution in [0, 0.1) is 0 Å². The average molecular weight is 699 g/mol. The van der Waals surface area contributed by atoms with Gasteiger partial charge in [0, 0.05) is 13.0 Å². The van der Waals surface area contributed by atoms with Gasteiger partial charge in [-0.3, -0.25) is 13.8 Å². The number of aliphatic hydroxyl groups is 1. The number of allylic oxidation sites excluding steroid dienone is 5. The number of unbranched alkanes of at least 4 members (excludes halogenated alkanes) is 20. The molecule has 0 aliphatic rings. The van der Waals surface area contributed by atoms with Crippen LogP contribution in [0.15, 0.2) is 36.5 Å². The van der Waals surface area contributed by atoms with Gasteiger partial charge in [-0.2, -0.15) is 0 Å². The van der Waals surface area contributed by atoms with E-state index in [0.29, 0.717) is 6.42 Å². The summed E-state index contributed by atoms with van der Waals surface area (Å²) in [4.78, 5) is 22.6. The minimum atomic E-state index is -4.34. The van der Waals surface area contributed by atoms with Crippen LogP contribution < -0.4 is 11.1 Å². The lowest BCUT2D eigenvalue weighted by molar-refractivity contribution is -0.123. The molecule has 8 nitrogen and oxygen atoms in total. The van der Waals surface area contributed by atoms with Crippen LogP contribution in [0.2, 0.25) is 0 Å². The minimum Gasteiger partial charge on any atom is -0.387 e. The molecule has 0 spiro atoms. The molecule has 0 rings (SSSR count). The molecule has 3 unspecified atom stereocenters. The van der Waals surface area contributed by atoms with Gasteiger partial charge in [-0.25, -0.2) is 4.57 Å². The molecule has 0 saturated carbocycles. The molecular weight excluding hydrogens is 623 g/mol. The Bertz CT molecular complexity index is 850. The highest BCUT2D eigenvalue weighted by atomic mass is 31.2. The summed E-state index contributed by atoms with van der Waals surface area (Å²) in [6.45, 7) is 3.98. The number of amides is 1. The number of aliphatic hydroxyl groups excluding tert-OH is 1. The Morgan fingerprint density at radius 1 is 0.688 bits per heavy atom. The molecule has 0 heterocycles. The Hall–Kier alpha value is -1.28. The topological polar surface area (TPSA) is 131 Å². The summed E-state index contributed by atoms with van der Waals surface area (Å²) >= 11 is 0. The maximum atomic E-state index is 12.7. The molecule has 1 amide bonds. The van der Waals surface area contributed by atoms with E-state index in [9.17, 15) is 19.4 Å². The van der Waals surface area contributed by atoms with E-state index in [2.05, 4.69) is 43.5 Å². The Balaban J connectivity index is 4.18. The Kier molecular flexibility index (Phi) is 34.6. The van der Waals surface area contributed by atoms with Crippen LogP contribution in [-0.4, -0.2) is 47.8 Å². The van der Waals surface area contributed by atoms with E-state index in [4.69, 9.17) is 14.8 Å². The van der Waals surface area contributed by atoms with Crippen molar-refractivity contribution in [2.24, 2.45) is 5.73 Å². The first kappa shape index (κ1) is 46.7. The van der Waals surface area contributed by atoms with Crippen LogP contribution in [0.1, 0.15) is 174 Å². The lowest BCUT2D eigenvalue weighted by atomic mass is 10.0. The largest absolute Gasteiger partial charge is 0.472 e. The third-order valence-electron chi connectivity index (χ3n) is 8.46. The molecule has 0 saturated heterocycles. The summed E-state index contributed by atoms with van der Waals surface area (Å²) in [5.74, 6) is -0.210. The fourth-order valence-electron chi connectivity index (χ4n) is 5.52. The Morgan fingerprint density at radius 3 is 1.58 bits per heavy atom. The van der Waals surface area contributed by atoms with E-state index in [0.717, 1.165) is 51.4 Å². The molecule has 48 heavy (non-hydrogen) atoms. The smallest absolute Gasteiger partial charge is 0.387 e. The maximum Gasteiger partial charge on any atom is 0.472 e. The fraction of sp³-hybridized carbons (Fsp3) is 0.821. The third kappa shape index (κ3) is 33.2. The maximum absolute atomic E-state index is 12.7. The van der Waals surface area contributed by atoms with Crippen molar-refractivity contribution in [3.8, 4) is 0 Å². The fourth-order valence-corrected chi connectivity index (χ4v) is 6.28. The van der Waals surface area contributed by atoms with Crippen molar-refractivity contribution in [3.05, 3.63) is 36.5 Å². The van der Waals surface area contributed by atoms with Gasteiger partial charge in [0.05, 0.1) is 25.4 Å². The van der Waals surface area contributed by atoms with Gasteiger partial charge in [0.2, 0.25) is 5.91 Å². The first-order valence-electron chi connectivity index (χ1n) is 19.6. The van der Waals surface area contributed by atoms with E-state index in [1.807, 2.05) is 6.08 Å². The van der Waals surface area contributed by atoms with Gasteiger partial charge in [-0.1, -0.05) is 166 Å². The Morgan fingerprint density at radius 2 is 1.12 bits per heavy atom. The highest BCUT2D eigenvalue weighted by molar-refractivity contribution is 7.47. The van der Waals surface area contributed by atoms with Gasteiger partial charge >= 0.3 is 7.82 Å². The van der Waals surface area contributed by atoms with Crippen LogP contribution in [0.5, 0.6) is 0 Å². The van der Waals surface area contributed by atoms with E-state index in [1.54, 1.807) is 6.08 Å². The predicted molar refractivity (Wildman–Crippen MR) is 203 cm³/mol. The molecular formula is C39H75N2O6P. The SMILES string of the molecule is CC/C=C/CC/C=C/CC/C=C/C(O)C(COP(=O)(O)OCCN)NC(=O)CCCCCCCCCCCCCCCCCCCCC. The third-order valence-corrected chi connectivity index (χ3v) is 9.44. The van der Waals surface area contributed by atoms with E-state index < -0.39 is 20.0 Å². The first-order valence-corrected chi connectivity index (χ1v) is 21.1. The van der Waals surface area contributed by atoms with Crippen molar-refractivity contribution in [1.29, 1.82) is 0 Å². The lowest BCUT2D eigenvalue weighted by Crippen LogP contribution is -2.45. The number of carbonyl (C=O) groups is 1. The number of carbonyl (C=O) groups excluding carboxylic acids is 1. The van der Waals surface area contributed by atoms with Crippen molar-refractivity contribution >= 4 is 13.7 Å². The van der Waals surface area contributed by atoms with E-state index in [-0.39, 0.29) is 25.7 Å². The van der Waals surface area contributed by atoms with Crippen molar-refractivity contribution in [2.45, 2.75) is 187 Å². The first-order chi connectivity index (χ1) is 23.4. The van der Waals surface area contributed by atoms with Crippen LogP contribution >= 0.6 is 7.82 Å². The zero-order valence-electron chi connectivity index (χ0n) is 31.0. The number of phosphoric ester groups is 1. The monoisotopic (exact) mass is 699 g/mol. The van der Waals surface area contributed by atoms with E-state index in [1.165, 1.54) is 103 Å². The molecule has 0 aromatic carbocycles. The summed E-state index contributed by atoms with van der Waals surface area (Å²) in [5.41, 5.74) is 5.35. The normalized spacial score (nSPS) is 14.7. The number of hydrogen-bond donors (Lipinski definition) is 4. The molecule has 0 aromatic rings. The standard InChI is InChI=1S/C39H75N2O6P/c1-3-5-7-9-11-13-15-16-17-18-19-20-21-22-23-25-27-29-31-33-39(43)41-37(36-47-48(44,45)46-35-34-40)38(42)32-30-28-26-24-14-12-10-8-6-4-2/h6,8,14,24,30,32,37-38,42H,3-5,7,9-13,15-23,25-29,31,33-36,40H2,1-2H3,(H,41,43)(H,44,45)/b8-6+,24-14+,32-30+. The molecule has 9 heteroatoms. The van der Waals surface area contributed by atoms with Crippen LogP contribution in [-0.2, 0) is 18.4 Å². The van der Waals surface area contributed by atoms with Crippen molar-refractivity contribution < 1.29 is 28.4 Å². The second-order valence-electron chi connectivity index (χ2n) is 13.1. The second-order valence-corrected chi connectivity index (χ2v) is 14.6. The molecule has 0 fully saturated rings. The predicted octanol–water partition coefficient (Wildman–Crippen LogP) is 10.4. The van der Waals surface area contributed by atoms with Gasteiger partial charge in [-0.15, -0.1) is 0 Å². The molecule has 0 aliphatic carbocycles. The number of hydrogen-bond acceptors (Lipinski definition) is 6. The number of nitrogens with one attached hydrogen (secondary N) is 1. The summed E-state index contributed by atoms with van der Waals surface area (Å²) < 4.78 is 22.0. The number of rotatable bonds is 36. The molecule has 3 atom stereocenters. The van der Waals surface area contributed by atoms with Gasteiger partial charge < -0.3 is 21.1 Å². The highest BCUT2D eigenvalue weighted by Gasteiger charge is 2.26. The Labute approximate surface area is 295 Å².